The molecule has 1 aromatic heterocycles. The quantitative estimate of drug-likeness (QED) is 0.548. The van der Waals surface area contributed by atoms with Gasteiger partial charge >= 0.3 is 0 Å². The molecule has 1 heterocycles. The molecule has 5 heteroatoms. The smallest absolute Gasteiger partial charge is 0.161 e. The third-order valence-corrected chi connectivity index (χ3v) is 5.56. The summed E-state index contributed by atoms with van der Waals surface area (Å²) in [7, 11) is 1.67. The summed E-state index contributed by atoms with van der Waals surface area (Å²) in [4.78, 5) is 0. The van der Waals surface area contributed by atoms with Gasteiger partial charge in [-0.2, -0.15) is 0 Å². The van der Waals surface area contributed by atoms with Crippen molar-refractivity contribution in [1.82, 2.24) is 10.5 Å². The van der Waals surface area contributed by atoms with Gasteiger partial charge in [0.2, 0.25) is 0 Å². The number of hydrogen-bond acceptors (Lipinski definition) is 5. The van der Waals surface area contributed by atoms with Gasteiger partial charge in [-0.25, -0.2) is 0 Å². The first-order valence-electron chi connectivity index (χ1n) is 10.2. The second kappa shape index (κ2) is 8.70. The number of benzene rings is 2. The van der Waals surface area contributed by atoms with E-state index in [1.54, 1.807) is 7.11 Å². The Morgan fingerprint density at radius 1 is 1.10 bits per heavy atom. The van der Waals surface area contributed by atoms with Crippen LogP contribution in [-0.4, -0.2) is 12.3 Å². The highest BCUT2D eigenvalue weighted by molar-refractivity contribution is 5.43. The molecular formula is C24H28N2O3. The van der Waals surface area contributed by atoms with Crippen molar-refractivity contribution in [3.05, 3.63) is 76.7 Å². The van der Waals surface area contributed by atoms with E-state index in [2.05, 4.69) is 46.9 Å². The van der Waals surface area contributed by atoms with Gasteiger partial charge < -0.3 is 19.3 Å². The average molecular weight is 392 g/mol. The molecule has 0 aliphatic heterocycles. The van der Waals surface area contributed by atoms with Crippen LogP contribution in [0.5, 0.6) is 11.5 Å². The first kappa shape index (κ1) is 19.5. The van der Waals surface area contributed by atoms with Gasteiger partial charge in [-0.15, -0.1) is 0 Å². The summed E-state index contributed by atoms with van der Waals surface area (Å²) < 4.78 is 16.8. The highest BCUT2D eigenvalue weighted by Gasteiger charge is 2.31. The third-order valence-electron chi connectivity index (χ3n) is 5.56. The zero-order chi connectivity index (χ0) is 20.2. The molecule has 0 spiro atoms. The van der Waals surface area contributed by atoms with Crippen LogP contribution in [0.15, 0.2) is 53.1 Å². The second-order valence-electron chi connectivity index (χ2n) is 7.68. The van der Waals surface area contributed by atoms with Crippen LogP contribution in [0.25, 0.3) is 0 Å². The van der Waals surface area contributed by atoms with Crippen LogP contribution in [-0.2, 0) is 13.2 Å². The Balaban J connectivity index is 1.42. The third kappa shape index (κ3) is 4.62. The molecule has 5 nitrogen and oxygen atoms in total. The molecule has 29 heavy (non-hydrogen) atoms. The Hall–Kier alpha value is -2.79. The number of rotatable bonds is 9. The van der Waals surface area contributed by atoms with Crippen molar-refractivity contribution in [1.29, 1.82) is 0 Å². The first-order valence-corrected chi connectivity index (χ1v) is 10.2. The van der Waals surface area contributed by atoms with Crippen LogP contribution in [0.2, 0.25) is 0 Å². The molecule has 1 unspecified atom stereocenters. The van der Waals surface area contributed by atoms with E-state index in [4.69, 9.17) is 14.0 Å². The monoisotopic (exact) mass is 392 g/mol. The van der Waals surface area contributed by atoms with Gasteiger partial charge in [0.25, 0.3) is 0 Å². The maximum Gasteiger partial charge on any atom is 0.161 e. The molecule has 0 saturated heterocycles. The van der Waals surface area contributed by atoms with Crippen LogP contribution < -0.4 is 14.8 Å². The molecule has 1 saturated carbocycles. The van der Waals surface area contributed by atoms with E-state index in [0.717, 1.165) is 41.0 Å². The van der Waals surface area contributed by atoms with Crippen molar-refractivity contribution >= 4 is 0 Å². The van der Waals surface area contributed by atoms with Crippen LogP contribution in [0, 0.1) is 19.8 Å². The number of hydrogen-bond donors (Lipinski definition) is 1. The lowest BCUT2D eigenvalue weighted by Gasteiger charge is -2.19. The van der Waals surface area contributed by atoms with Gasteiger partial charge in [-0.3, -0.25) is 0 Å². The van der Waals surface area contributed by atoms with Gasteiger partial charge in [0.15, 0.2) is 11.5 Å². The predicted molar refractivity (Wildman–Crippen MR) is 112 cm³/mol. The number of aryl methyl sites for hydroxylation is 2. The molecule has 1 aliphatic carbocycles. The van der Waals surface area contributed by atoms with Gasteiger partial charge in [0.05, 0.1) is 18.4 Å². The van der Waals surface area contributed by atoms with Crippen molar-refractivity contribution in [3.63, 3.8) is 0 Å². The fraction of sp³-hybridized carbons (Fsp3) is 0.375. The van der Waals surface area contributed by atoms with Crippen molar-refractivity contribution in [2.45, 2.75) is 45.9 Å². The van der Waals surface area contributed by atoms with Crippen LogP contribution in [0.1, 0.15) is 47.0 Å². The molecule has 4 rings (SSSR count). The summed E-state index contributed by atoms with van der Waals surface area (Å²) in [5, 5.41) is 7.71. The highest BCUT2D eigenvalue weighted by Crippen LogP contribution is 2.41. The summed E-state index contributed by atoms with van der Waals surface area (Å²) in [5.74, 6) is 2.98. The Morgan fingerprint density at radius 2 is 1.90 bits per heavy atom. The molecule has 1 fully saturated rings. The molecule has 3 aromatic rings. The minimum atomic E-state index is 0.401. The summed E-state index contributed by atoms with van der Waals surface area (Å²) in [6.07, 6.45) is 2.59. The van der Waals surface area contributed by atoms with Gasteiger partial charge in [0.1, 0.15) is 12.4 Å². The summed E-state index contributed by atoms with van der Waals surface area (Å²) >= 11 is 0. The van der Waals surface area contributed by atoms with Crippen LogP contribution >= 0.6 is 0 Å². The molecule has 1 aliphatic rings. The average Bonchev–Trinajstić information content (AvgIpc) is 3.53. The Morgan fingerprint density at radius 3 is 2.55 bits per heavy atom. The van der Waals surface area contributed by atoms with Gasteiger partial charge in [-0.05, 0) is 55.9 Å². The number of aromatic nitrogens is 1. The Bertz CT molecular complexity index is 929. The molecule has 0 amide bonds. The zero-order valence-electron chi connectivity index (χ0n) is 17.3. The minimum Gasteiger partial charge on any atom is -0.493 e. The first-order chi connectivity index (χ1) is 14.2. The topological polar surface area (TPSA) is 56.5 Å². The largest absolute Gasteiger partial charge is 0.493 e. The van der Waals surface area contributed by atoms with E-state index in [9.17, 15) is 0 Å². The van der Waals surface area contributed by atoms with E-state index >= 15 is 0 Å². The van der Waals surface area contributed by atoms with Crippen molar-refractivity contribution in [2.24, 2.45) is 5.92 Å². The zero-order valence-corrected chi connectivity index (χ0v) is 17.3. The highest BCUT2D eigenvalue weighted by atomic mass is 16.5. The van der Waals surface area contributed by atoms with E-state index in [1.807, 2.05) is 26.0 Å². The number of methoxy groups -OCH3 is 1. The maximum atomic E-state index is 5.99. The molecule has 2 aromatic carbocycles. The second-order valence-corrected chi connectivity index (χ2v) is 7.68. The normalized spacial score (nSPS) is 14.6. The molecule has 0 radical (unpaired) electrons. The molecule has 1 atom stereocenters. The number of ether oxygens (including phenoxy) is 2. The summed E-state index contributed by atoms with van der Waals surface area (Å²) in [6, 6.07) is 17.2. The fourth-order valence-corrected chi connectivity index (χ4v) is 3.67. The maximum absolute atomic E-state index is 5.99. The standard InChI is InChI=1S/C24H28N2O3/c1-16-21(17(2)29-26-16)15-28-22-12-9-18(13-23(22)27-3)14-25-24(20-10-11-20)19-7-5-4-6-8-19/h4-9,12-13,20,24-25H,10-11,14-15H2,1-3H3. The van der Waals surface area contributed by atoms with Crippen molar-refractivity contribution in [3.8, 4) is 11.5 Å². The van der Waals surface area contributed by atoms with Gasteiger partial charge in [0, 0.05) is 12.6 Å². The lowest BCUT2D eigenvalue weighted by atomic mass is 10.0. The lowest BCUT2D eigenvalue weighted by Crippen LogP contribution is -2.22. The Kier molecular flexibility index (Phi) is 5.86. The van der Waals surface area contributed by atoms with E-state index in [-0.39, 0.29) is 0 Å². The molecule has 1 N–H and O–H groups in total. The lowest BCUT2D eigenvalue weighted by molar-refractivity contribution is 0.281. The summed E-state index contributed by atoms with van der Waals surface area (Å²) in [5.41, 5.74) is 4.37. The Labute approximate surface area is 172 Å². The van der Waals surface area contributed by atoms with Crippen LogP contribution in [0.4, 0.5) is 0 Å². The fourth-order valence-electron chi connectivity index (χ4n) is 3.67. The van der Waals surface area contributed by atoms with Crippen molar-refractivity contribution in [2.75, 3.05) is 7.11 Å². The van der Waals surface area contributed by atoms with Crippen molar-refractivity contribution < 1.29 is 14.0 Å². The van der Waals surface area contributed by atoms with Gasteiger partial charge in [-0.1, -0.05) is 41.6 Å². The molecular weight excluding hydrogens is 364 g/mol. The van der Waals surface area contributed by atoms with E-state index in [0.29, 0.717) is 12.6 Å². The summed E-state index contributed by atoms with van der Waals surface area (Å²) in [6.45, 7) is 5.02. The van der Waals surface area contributed by atoms with Crippen LogP contribution in [0.3, 0.4) is 0 Å². The number of nitrogens with zero attached hydrogens (tertiary/aromatic N) is 1. The number of nitrogens with one attached hydrogen (secondary N) is 1. The minimum absolute atomic E-state index is 0.401. The molecule has 152 valence electrons. The molecule has 0 bridgehead atoms. The SMILES string of the molecule is COc1cc(CNC(c2ccccc2)C2CC2)ccc1OCc1c(C)noc1C. The van der Waals surface area contributed by atoms with E-state index < -0.39 is 0 Å². The predicted octanol–water partition coefficient (Wildman–Crippen LogP) is 5.12. The van der Waals surface area contributed by atoms with E-state index in [1.165, 1.54) is 24.0 Å².